The Hall–Kier alpha value is -1.02. The predicted molar refractivity (Wildman–Crippen MR) is 73.6 cm³/mol. The molecule has 2 nitrogen and oxygen atoms in total. The van der Waals surface area contributed by atoms with Gasteiger partial charge in [0.15, 0.2) is 0 Å². The van der Waals surface area contributed by atoms with Gasteiger partial charge in [-0.1, -0.05) is 26.0 Å². The van der Waals surface area contributed by atoms with Crippen LogP contribution in [0.2, 0.25) is 0 Å². The van der Waals surface area contributed by atoms with Crippen molar-refractivity contribution in [2.45, 2.75) is 39.7 Å². The Bertz CT molecular complexity index is 305. The van der Waals surface area contributed by atoms with Crippen LogP contribution in [0.25, 0.3) is 0 Å². The Morgan fingerprint density at radius 2 is 1.76 bits per heavy atom. The van der Waals surface area contributed by atoms with Gasteiger partial charge in [-0.05, 0) is 49.9 Å². The van der Waals surface area contributed by atoms with E-state index in [1.165, 1.54) is 12.0 Å². The van der Waals surface area contributed by atoms with E-state index in [1.807, 2.05) is 12.1 Å². The van der Waals surface area contributed by atoms with Gasteiger partial charge in [0.2, 0.25) is 0 Å². The van der Waals surface area contributed by atoms with Crippen LogP contribution in [-0.2, 0) is 6.42 Å². The van der Waals surface area contributed by atoms with Gasteiger partial charge >= 0.3 is 0 Å². The normalized spacial score (nSPS) is 12.8. The highest BCUT2D eigenvalue weighted by molar-refractivity contribution is 5.27. The molecule has 1 aromatic rings. The first-order valence-electron chi connectivity index (χ1n) is 6.48. The average molecular weight is 235 g/mol. The van der Waals surface area contributed by atoms with E-state index in [1.54, 1.807) is 7.11 Å². The lowest BCUT2D eigenvalue weighted by molar-refractivity contribution is 0.414. The maximum absolute atomic E-state index is 5.15. The lowest BCUT2D eigenvalue weighted by Gasteiger charge is -2.15. The minimum atomic E-state index is 0.530. The minimum Gasteiger partial charge on any atom is -0.497 e. The second kappa shape index (κ2) is 7.33. The summed E-state index contributed by atoms with van der Waals surface area (Å²) in [6, 6.07) is 8.85. The van der Waals surface area contributed by atoms with Crippen LogP contribution in [0.15, 0.2) is 24.3 Å². The Labute approximate surface area is 105 Å². The first kappa shape index (κ1) is 14.0. The molecule has 0 saturated carbocycles. The molecular formula is C15H25NO. The molecule has 1 rings (SSSR count). The van der Waals surface area contributed by atoms with Crippen molar-refractivity contribution in [3.05, 3.63) is 29.8 Å². The van der Waals surface area contributed by atoms with Gasteiger partial charge < -0.3 is 10.1 Å². The minimum absolute atomic E-state index is 0.530. The Morgan fingerprint density at radius 1 is 1.12 bits per heavy atom. The molecule has 1 aromatic carbocycles. The highest BCUT2D eigenvalue weighted by Crippen LogP contribution is 2.12. The number of hydrogen-bond donors (Lipinski definition) is 1. The molecule has 0 spiro atoms. The standard InChI is InChI=1S/C15H25NO/c1-12(2)9-10-16-13(3)11-14-5-7-15(17-4)8-6-14/h5-8,12-13,16H,9-11H2,1-4H3. The summed E-state index contributed by atoms with van der Waals surface area (Å²) in [7, 11) is 1.70. The van der Waals surface area contributed by atoms with Crippen molar-refractivity contribution in [2.24, 2.45) is 5.92 Å². The van der Waals surface area contributed by atoms with Crippen molar-refractivity contribution in [2.75, 3.05) is 13.7 Å². The Kier molecular flexibility index (Phi) is 6.06. The average Bonchev–Trinajstić information content (AvgIpc) is 2.29. The van der Waals surface area contributed by atoms with Crippen LogP contribution in [0.1, 0.15) is 32.8 Å². The molecule has 0 aliphatic rings. The van der Waals surface area contributed by atoms with E-state index in [0.717, 1.165) is 24.6 Å². The maximum Gasteiger partial charge on any atom is 0.118 e. The molecule has 1 N–H and O–H groups in total. The van der Waals surface area contributed by atoms with Crippen molar-refractivity contribution in [1.82, 2.24) is 5.32 Å². The van der Waals surface area contributed by atoms with Gasteiger partial charge in [0.25, 0.3) is 0 Å². The zero-order chi connectivity index (χ0) is 12.7. The highest BCUT2D eigenvalue weighted by atomic mass is 16.5. The first-order chi connectivity index (χ1) is 8.11. The second-order valence-corrected chi connectivity index (χ2v) is 5.09. The molecule has 0 amide bonds. The fraction of sp³-hybridized carbons (Fsp3) is 0.600. The van der Waals surface area contributed by atoms with Crippen LogP contribution >= 0.6 is 0 Å². The Balaban J connectivity index is 2.31. The third-order valence-corrected chi connectivity index (χ3v) is 2.92. The number of benzene rings is 1. The van der Waals surface area contributed by atoms with Crippen LogP contribution in [0.3, 0.4) is 0 Å². The molecule has 0 fully saturated rings. The van der Waals surface area contributed by atoms with Crippen LogP contribution in [-0.4, -0.2) is 19.7 Å². The number of nitrogens with one attached hydrogen (secondary N) is 1. The first-order valence-corrected chi connectivity index (χ1v) is 6.48. The van der Waals surface area contributed by atoms with Gasteiger partial charge in [0, 0.05) is 6.04 Å². The van der Waals surface area contributed by atoms with Crippen LogP contribution in [0.5, 0.6) is 5.75 Å². The van der Waals surface area contributed by atoms with Crippen molar-refractivity contribution in [3.63, 3.8) is 0 Å². The van der Waals surface area contributed by atoms with Crippen molar-refractivity contribution < 1.29 is 4.74 Å². The Morgan fingerprint density at radius 3 is 2.29 bits per heavy atom. The van der Waals surface area contributed by atoms with Gasteiger partial charge in [-0.15, -0.1) is 0 Å². The summed E-state index contributed by atoms with van der Waals surface area (Å²) in [6.07, 6.45) is 2.31. The quantitative estimate of drug-likeness (QED) is 0.783. The molecule has 0 aliphatic carbocycles. The lowest BCUT2D eigenvalue weighted by Crippen LogP contribution is -2.29. The molecule has 96 valence electrons. The van der Waals surface area contributed by atoms with Crippen LogP contribution in [0, 0.1) is 5.92 Å². The van der Waals surface area contributed by atoms with Crippen molar-refractivity contribution in [1.29, 1.82) is 0 Å². The molecule has 2 heteroatoms. The van der Waals surface area contributed by atoms with Gasteiger partial charge in [-0.3, -0.25) is 0 Å². The molecule has 17 heavy (non-hydrogen) atoms. The summed E-state index contributed by atoms with van der Waals surface area (Å²) in [6.45, 7) is 7.87. The third kappa shape index (κ3) is 5.73. The summed E-state index contributed by atoms with van der Waals surface area (Å²) in [5.74, 6) is 1.70. The van der Waals surface area contributed by atoms with Crippen molar-refractivity contribution in [3.8, 4) is 5.75 Å². The predicted octanol–water partition coefficient (Wildman–Crippen LogP) is 3.26. The largest absolute Gasteiger partial charge is 0.497 e. The third-order valence-electron chi connectivity index (χ3n) is 2.92. The number of rotatable bonds is 7. The number of methoxy groups -OCH3 is 1. The zero-order valence-corrected chi connectivity index (χ0v) is 11.5. The molecular weight excluding hydrogens is 210 g/mol. The molecule has 1 atom stereocenters. The fourth-order valence-corrected chi connectivity index (χ4v) is 1.81. The SMILES string of the molecule is COc1ccc(CC(C)NCCC(C)C)cc1. The lowest BCUT2D eigenvalue weighted by atomic mass is 10.1. The number of ether oxygens (including phenoxy) is 1. The van der Waals surface area contributed by atoms with Gasteiger partial charge in [0.05, 0.1) is 7.11 Å². The molecule has 0 heterocycles. The van der Waals surface area contributed by atoms with E-state index in [-0.39, 0.29) is 0 Å². The molecule has 0 bridgehead atoms. The van der Waals surface area contributed by atoms with Crippen LogP contribution < -0.4 is 10.1 Å². The van der Waals surface area contributed by atoms with Crippen LogP contribution in [0.4, 0.5) is 0 Å². The molecule has 0 radical (unpaired) electrons. The van der Waals surface area contributed by atoms with Gasteiger partial charge in [0.1, 0.15) is 5.75 Å². The summed E-state index contributed by atoms with van der Waals surface area (Å²) < 4.78 is 5.15. The monoisotopic (exact) mass is 235 g/mol. The van der Waals surface area contributed by atoms with E-state index < -0.39 is 0 Å². The smallest absolute Gasteiger partial charge is 0.118 e. The molecule has 0 aliphatic heterocycles. The highest BCUT2D eigenvalue weighted by Gasteiger charge is 2.03. The van der Waals surface area contributed by atoms with E-state index in [9.17, 15) is 0 Å². The van der Waals surface area contributed by atoms with E-state index >= 15 is 0 Å². The van der Waals surface area contributed by atoms with E-state index in [2.05, 4.69) is 38.2 Å². The molecule has 0 aromatic heterocycles. The van der Waals surface area contributed by atoms with Gasteiger partial charge in [-0.2, -0.15) is 0 Å². The van der Waals surface area contributed by atoms with E-state index in [0.29, 0.717) is 6.04 Å². The summed E-state index contributed by atoms with van der Waals surface area (Å²) in [5.41, 5.74) is 1.36. The molecule has 0 saturated heterocycles. The summed E-state index contributed by atoms with van der Waals surface area (Å²) in [5, 5.41) is 3.56. The zero-order valence-electron chi connectivity index (χ0n) is 11.5. The van der Waals surface area contributed by atoms with E-state index in [4.69, 9.17) is 4.74 Å². The summed E-state index contributed by atoms with van der Waals surface area (Å²) >= 11 is 0. The van der Waals surface area contributed by atoms with Gasteiger partial charge in [-0.25, -0.2) is 0 Å². The molecule has 1 unspecified atom stereocenters. The van der Waals surface area contributed by atoms with Crippen molar-refractivity contribution >= 4 is 0 Å². The fourth-order valence-electron chi connectivity index (χ4n) is 1.81. The maximum atomic E-state index is 5.15. The number of hydrogen-bond acceptors (Lipinski definition) is 2. The summed E-state index contributed by atoms with van der Waals surface area (Å²) in [4.78, 5) is 0. The topological polar surface area (TPSA) is 21.3 Å². The second-order valence-electron chi connectivity index (χ2n) is 5.09.